The van der Waals surface area contributed by atoms with Crippen molar-refractivity contribution in [3.05, 3.63) is 28.2 Å². The molecule has 96 valence electrons. The van der Waals surface area contributed by atoms with E-state index in [4.69, 9.17) is 33.7 Å². The molecule has 1 aromatic heterocycles. The molecule has 0 aliphatic heterocycles. The molecule has 1 heterocycles. The van der Waals surface area contributed by atoms with E-state index in [9.17, 15) is 0 Å². The van der Waals surface area contributed by atoms with Gasteiger partial charge >= 0.3 is 0 Å². The molecule has 0 saturated heterocycles. The van der Waals surface area contributed by atoms with E-state index in [-0.39, 0.29) is 0 Å². The number of halogens is 2. The molecule has 1 aromatic carbocycles. The van der Waals surface area contributed by atoms with Gasteiger partial charge in [-0.2, -0.15) is 0 Å². The second-order valence-electron chi connectivity index (χ2n) is 3.18. The second kappa shape index (κ2) is 6.47. The Labute approximate surface area is 122 Å². The lowest BCUT2D eigenvalue weighted by Crippen LogP contribution is -2.00. The van der Waals surface area contributed by atoms with Crippen molar-refractivity contribution in [1.82, 2.24) is 10.2 Å². The maximum atomic E-state index is 5.98. The van der Waals surface area contributed by atoms with Crippen LogP contribution in [0.2, 0.25) is 10.0 Å². The monoisotopic (exact) mass is 321 g/mol. The first kappa shape index (κ1) is 13.7. The average molecular weight is 322 g/mol. The Bertz CT molecular complexity index is 536. The number of aromatic nitrogens is 2. The summed E-state index contributed by atoms with van der Waals surface area (Å²) in [7, 11) is 0. The maximum Gasteiger partial charge on any atom is 0.203 e. The number of hydrogen-bond acceptors (Lipinski definition) is 6. The quantitative estimate of drug-likeness (QED) is 0.673. The van der Waals surface area contributed by atoms with E-state index in [1.54, 1.807) is 30.0 Å². The Morgan fingerprint density at radius 1 is 1.33 bits per heavy atom. The fourth-order valence-electron chi connectivity index (χ4n) is 1.15. The third-order valence-corrected chi connectivity index (χ3v) is 4.26. The predicted molar refractivity (Wildman–Crippen MR) is 77.0 cm³/mol. The van der Waals surface area contributed by atoms with E-state index in [1.165, 1.54) is 11.3 Å². The Kier molecular flexibility index (Phi) is 4.94. The first-order valence-electron chi connectivity index (χ1n) is 4.95. The van der Waals surface area contributed by atoms with Crippen molar-refractivity contribution in [2.75, 3.05) is 18.1 Å². The van der Waals surface area contributed by atoms with Crippen LogP contribution in [0.4, 0.5) is 5.13 Å². The van der Waals surface area contributed by atoms with Gasteiger partial charge in [0.1, 0.15) is 5.75 Å². The van der Waals surface area contributed by atoms with Crippen molar-refractivity contribution in [1.29, 1.82) is 0 Å². The molecular weight excluding hydrogens is 313 g/mol. The minimum absolute atomic E-state index is 0.471. The number of benzene rings is 1. The fraction of sp³-hybridized carbons (Fsp3) is 0.200. The molecule has 0 fully saturated rings. The van der Waals surface area contributed by atoms with Crippen molar-refractivity contribution >= 4 is 51.4 Å². The van der Waals surface area contributed by atoms with Crippen LogP contribution in [-0.4, -0.2) is 22.6 Å². The summed E-state index contributed by atoms with van der Waals surface area (Å²) in [6.07, 6.45) is 0. The second-order valence-corrected chi connectivity index (χ2v) is 6.37. The zero-order chi connectivity index (χ0) is 13.0. The third kappa shape index (κ3) is 3.91. The van der Waals surface area contributed by atoms with E-state index in [1.807, 2.05) is 0 Å². The number of thioether (sulfide) groups is 1. The zero-order valence-electron chi connectivity index (χ0n) is 9.10. The number of anilines is 1. The highest BCUT2D eigenvalue weighted by Crippen LogP contribution is 2.28. The minimum atomic E-state index is 0.471. The maximum absolute atomic E-state index is 5.98. The van der Waals surface area contributed by atoms with Crippen LogP contribution in [0.5, 0.6) is 5.75 Å². The standard InChI is InChI=1S/C10H9Cl2N3OS2/c11-6-1-2-8(7(12)5-6)16-3-4-17-10-15-14-9(13)18-10/h1-2,5H,3-4H2,(H2,13,14). The Balaban J connectivity index is 1.78. The average Bonchev–Trinajstić information content (AvgIpc) is 2.73. The number of rotatable bonds is 5. The van der Waals surface area contributed by atoms with Crippen LogP contribution < -0.4 is 10.5 Å². The van der Waals surface area contributed by atoms with E-state index >= 15 is 0 Å². The zero-order valence-corrected chi connectivity index (χ0v) is 12.2. The fourth-order valence-corrected chi connectivity index (χ4v) is 3.14. The lowest BCUT2D eigenvalue weighted by molar-refractivity contribution is 0.344. The Morgan fingerprint density at radius 3 is 2.83 bits per heavy atom. The summed E-state index contributed by atoms with van der Waals surface area (Å²) < 4.78 is 6.37. The van der Waals surface area contributed by atoms with Crippen LogP contribution >= 0.6 is 46.3 Å². The van der Waals surface area contributed by atoms with Gasteiger partial charge in [-0.15, -0.1) is 10.2 Å². The summed E-state index contributed by atoms with van der Waals surface area (Å²) in [5.74, 6) is 1.37. The minimum Gasteiger partial charge on any atom is -0.491 e. The molecule has 2 N–H and O–H groups in total. The van der Waals surface area contributed by atoms with Crippen LogP contribution in [0, 0.1) is 0 Å². The van der Waals surface area contributed by atoms with Crippen molar-refractivity contribution in [3.8, 4) is 5.75 Å². The van der Waals surface area contributed by atoms with E-state index in [2.05, 4.69) is 10.2 Å². The number of nitrogens with two attached hydrogens (primary N) is 1. The van der Waals surface area contributed by atoms with Crippen molar-refractivity contribution in [2.24, 2.45) is 0 Å². The van der Waals surface area contributed by atoms with Gasteiger partial charge in [0.15, 0.2) is 4.34 Å². The van der Waals surface area contributed by atoms with Gasteiger partial charge in [-0.25, -0.2) is 0 Å². The first-order valence-corrected chi connectivity index (χ1v) is 7.50. The highest BCUT2D eigenvalue weighted by molar-refractivity contribution is 8.01. The molecule has 0 bridgehead atoms. The van der Waals surface area contributed by atoms with Crippen LogP contribution in [-0.2, 0) is 0 Å². The lowest BCUT2D eigenvalue weighted by atomic mass is 10.3. The topological polar surface area (TPSA) is 61.0 Å². The molecule has 8 heteroatoms. The van der Waals surface area contributed by atoms with Gasteiger partial charge in [0, 0.05) is 10.8 Å². The highest BCUT2D eigenvalue weighted by atomic mass is 35.5. The summed E-state index contributed by atoms with van der Waals surface area (Å²) in [6, 6.07) is 5.14. The van der Waals surface area contributed by atoms with E-state index in [0.29, 0.717) is 27.5 Å². The summed E-state index contributed by atoms with van der Waals surface area (Å²) in [6.45, 7) is 0.519. The molecule has 0 aliphatic rings. The molecule has 4 nitrogen and oxygen atoms in total. The number of hydrogen-bond donors (Lipinski definition) is 1. The normalized spacial score (nSPS) is 10.6. The van der Waals surface area contributed by atoms with Gasteiger partial charge in [0.05, 0.1) is 11.6 Å². The van der Waals surface area contributed by atoms with Crippen LogP contribution in [0.15, 0.2) is 22.5 Å². The first-order chi connectivity index (χ1) is 8.65. The van der Waals surface area contributed by atoms with Crippen molar-refractivity contribution in [3.63, 3.8) is 0 Å². The molecule has 18 heavy (non-hydrogen) atoms. The molecule has 0 radical (unpaired) electrons. The van der Waals surface area contributed by atoms with Gasteiger partial charge in [0.25, 0.3) is 0 Å². The molecule has 0 aliphatic carbocycles. The number of ether oxygens (including phenoxy) is 1. The van der Waals surface area contributed by atoms with Gasteiger partial charge in [-0.3, -0.25) is 0 Å². The largest absolute Gasteiger partial charge is 0.491 e. The summed E-state index contributed by atoms with van der Waals surface area (Å²) in [5, 5.41) is 9.19. The SMILES string of the molecule is Nc1nnc(SCCOc2ccc(Cl)cc2Cl)s1. The van der Waals surface area contributed by atoms with Crippen LogP contribution in [0.3, 0.4) is 0 Å². The van der Waals surface area contributed by atoms with Gasteiger partial charge in [0.2, 0.25) is 5.13 Å². The molecule has 0 atom stereocenters. The van der Waals surface area contributed by atoms with Crippen molar-refractivity contribution < 1.29 is 4.74 Å². The molecular formula is C10H9Cl2N3OS2. The summed E-state index contributed by atoms with van der Waals surface area (Å²) in [5.41, 5.74) is 5.48. The number of nitrogen functional groups attached to an aromatic ring is 1. The smallest absolute Gasteiger partial charge is 0.203 e. The van der Waals surface area contributed by atoms with Gasteiger partial charge in [-0.05, 0) is 18.2 Å². The van der Waals surface area contributed by atoms with Crippen LogP contribution in [0.1, 0.15) is 0 Å². The summed E-state index contributed by atoms with van der Waals surface area (Å²) >= 11 is 14.7. The van der Waals surface area contributed by atoms with Crippen LogP contribution in [0.25, 0.3) is 0 Å². The van der Waals surface area contributed by atoms with Gasteiger partial charge in [-0.1, -0.05) is 46.3 Å². The molecule has 2 rings (SSSR count). The number of nitrogens with zero attached hydrogens (tertiary/aromatic N) is 2. The Hall–Kier alpha value is -0.690. The molecule has 0 unspecified atom stereocenters. The summed E-state index contributed by atoms with van der Waals surface area (Å²) in [4.78, 5) is 0. The Morgan fingerprint density at radius 2 is 2.17 bits per heavy atom. The van der Waals surface area contributed by atoms with Gasteiger partial charge < -0.3 is 10.5 Å². The van der Waals surface area contributed by atoms with Crippen molar-refractivity contribution in [2.45, 2.75) is 4.34 Å². The molecule has 2 aromatic rings. The molecule has 0 saturated carbocycles. The predicted octanol–water partition coefficient (Wildman–Crippen LogP) is 3.60. The van der Waals surface area contributed by atoms with E-state index in [0.717, 1.165) is 10.1 Å². The molecule has 0 amide bonds. The van der Waals surface area contributed by atoms with E-state index < -0.39 is 0 Å². The lowest BCUT2D eigenvalue weighted by Gasteiger charge is -2.07. The highest BCUT2D eigenvalue weighted by Gasteiger charge is 2.04. The third-order valence-electron chi connectivity index (χ3n) is 1.88. The molecule has 0 spiro atoms.